The van der Waals surface area contributed by atoms with Crippen LogP contribution in [-0.4, -0.2) is 20.9 Å². The van der Waals surface area contributed by atoms with Crippen LogP contribution in [0.3, 0.4) is 0 Å². The standard InChI is InChI=1S/C25H27ClN2O3S/c1-4-19-9-8-10-20(5-2)25(19)27-24(29)17-28(23-12-7-6-11-22(23)26)32(30,31)21-15-13-18(3)14-16-21/h6-16H,4-5,17H2,1-3H3,(H,27,29). The van der Waals surface area contributed by atoms with E-state index in [0.29, 0.717) is 0 Å². The van der Waals surface area contributed by atoms with E-state index in [2.05, 4.69) is 5.32 Å². The van der Waals surface area contributed by atoms with Crippen molar-refractivity contribution in [1.82, 2.24) is 0 Å². The first kappa shape index (κ1) is 23.8. The van der Waals surface area contributed by atoms with E-state index in [4.69, 9.17) is 11.6 Å². The molecule has 0 spiro atoms. The third-order valence-corrected chi connectivity index (χ3v) is 7.37. The molecular weight excluding hydrogens is 444 g/mol. The molecule has 0 fully saturated rings. The molecule has 0 saturated carbocycles. The molecule has 32 heavy (non-hydrogen) atoms. The molecule has 0 aromatic heterocycles. The molecule has 3 aromatic rings. The minimum Gasteiger partial charge on any atom is -0.324 e. The second-order valence-electron chi connectivity index (χ2n) is 7.48. The summed E-state index contributed by atoms with van der Waals surface area (Å²) in [5, 5.41) is 3.19. The Bertz CT molecular complexity index is 1190. The van der Waals surface area contributed by atoms with Crippen molar-refractivity contribution in [3.63, 3.8) is 0 Å². The van der Waals surface area contributed by atoms with Crippen molar-refractivity contribution < 1.29 is 13.2 Å². The summed E-state index contributed by atoms with van der Waals surface area (Å²) >= 11 is 6.34. The fraction of sp³-hybridized carbons (Fsp3) is 0.240. The normalized spacial score (nSPS) is 11.2. The van der Waals surface area contributed by atoms with Gasteiger partial charge in [-0.2, -0.15) is 0 Å². The highest BCUT2D eigenvalue weighted by molar-refractivity contribution is 7.92. The van der Waals surface area contributed by atoms with Crippen molar-refractivity contribution >= 4 is 38.9 Å². The molecule has 0 bridgehead atoms. The van der Waals surface area contributed by atoms with E-state index >= 15 is 0 Å². The number of halogens is 1. The predicted molar refractivity (Wildman–Crippen MR) is 131 cm³/mol. The third kappa shape index (κ3) is 5.14. The van der Waals surface area contributed by atoms with Gasteiger partial charge in [0.15, 0.2) is 0 Å². The van der Waals surface area contributed by atoms with Gasteiger partial charge in [-0.05, 0) is 55.2 Å². The highest BCUT2D eigenvalue weighted by Gasteiger charge is 2.29. The van der Waals surface area contributed by atoms with Gasteiger partial charge >= 0.3 is 0 Å². The molecule has 3 aromatic carbocycles. The summed E-state index contributed by atoms with van der Waals surface area (Å²) in [6.07, 6.45) is 1.50. The van der Waals surface area contributed by atoms with Gasteiger partial charge in [-0.3, -0.25) is 9.10 Å². The molecule has 0 aliphatic rings. The van der Waals surface area contributed by atoms with Gasteiger partial charge in [0.25, 0.3) is 10.0 Å². The molecular formula is C25H27ClN2O3S. The summed E-state index contributed by atoms with van der Waals surface area (Å²) in [6.45, 7) is 5.51. The Balaban J connectivity index is 2.00. The van der Waals surface area contributed by atoms with Crippen LogP contribution >= 0.6 is 11.6 Å². The van der Waals surface area contributed by atoms with Gasteiger partial charge in [0, 0.05) is 5.69 Å². The molecule has 0 unspecified atom stereocenters. The van der Waals surface area contributed by atoms with Gasteiger partial charge in [0.1, 0.15) is 6.54 Å². The number of anilines is 2. The summed E-state index contributed by atoms with van der Waals surface area (Å²) in [5.41, 5.74) is 3.94. The summed E-state index contributed by atoms with van der Waals surface area (Å²) in [5.74, 6) is -0.434. The Hall–Kier alpha value is -2.83. The zero-order valence-electron chi connectivity index (χ0n) is 18.4. The lowest BCUT2D eigenvalue weighted by Crippen LogP contribution is -2.38. The molecule has 0 aliphatic heterocycles. The zero-order chi connectivity index (χ0) is 23.3. The number of rotatable bonds is 8. The van der Waals surface area contributed by atoms with Crippen LogP contribution in [0.2, 0.25) is 5.02 Å². The smallest absolute Gasteiger partial charge is 0.264 e. The second kappa shape index (κ2) is 10.2. The van der Waals surface area contributed by atoms with E-state index < -0.39 is 22.5 Å². The summed E-state index contributed by atoms with van der Waals surface area (Å²) in [4.78, 5) is 13.2. The van der Waals surface area contributed by atoms with E-state index in [1.165, 1.54) is 12.1 Å². The molecule has 0 aliphatic carbocycles. The zero-order valence-corrected chi connectivity index (χ0v) is 20.0. The van der Waals surface area contributed by atoms with Gasteiger partial charge in [-0.25, -0.2) is 8.42 Å². The monoisotopic (exact) mass is 470 g/mol. The Labute approximate surface area is 195 Å². The van der Waals surface area contributed by atoms with Crippen LogP contribution in [0.15, 0.2) is 71.6 Å². The van der Waals surface area contributed by atoms with Crippen molar-refractivity contribution in [3.05, 3.63) is 88.4 Å². The van der Waals surface area contributed by atoms with E-state index in [9.17, 15) is 13.2 Å². The highest BCUT2D eigenvalue weighted by Crippen LogP contribution is 2.31. The van der Waals surface area contributed by atoms with Crippen molar-refractivity contribution in [3.8, 4) is 0 Å². The molecule has 0 saturated heterocycles. The van der Waals surface area contributed by atoms with Crippen LogP contribution in [-0.2, 0) is 27.7 Å². The lowest BCUT2D eigenvalue weighted by Gasteiger charge is -2.25. The largest absolute Gasteiger partial charge is 0.324 e. The maximum absolute atomic E-state index is 13.5. The number of amides is 1. The average Bonchev–Trinajstić information content (AvgIpc) is 2.78. The molecule has 1 amide bonds. The van der Waals surface area contributed by atoms with E-state index in [1.54, 1.807) is 36.4 Å². The van der Waals surface area contributed by atoms with E-state index in [-0.39, 0.29) is 15.6 Å². The minimum atomic E-state index is -4.02. The number of benzene rings is 3. The quantitative estimate of drug-likeness (QED) is 0.465. The van der Waals surface area contributed by atoms with Crippen LogP contribution in [0.5, 0.6) is 0 Å². The fourth-order valence-electron chi connectivity index (χ4n) is 3.50. The van der Waals surface area contributed by atoms with Crippen LogP contribution in [0.4, 0.5) is 11.4 Å². The summed E-state index contributed by atoms with van der Waals surface area (Å²) in [7, 11) is -4.02. The van der Waals surface area contributed by atoms with Crippen molar-refractivity contribution in [2.75, 3.05) is 16.2 Å². The molecule has 5 nitrogen and oxygen atoms in total. The molecule has 0 heterocycles. The number of carbonyl (C=O) groups excluding carboxylic acids is 1. The van der Waals surface area contributed by atoms with Crippen molar-refractivity contribution in [2.45, 2.75) is 38.5 Å². The Morgan fingerprint density at radius 1 is 0.906 bits per heavy atom. The Kier molecular flexibility index (Phi) is 7.59. The SMILES string of the molecule is CCc1cccc(CC)c1NC(=O)CN(c1ccccc1Cl)S(=O)(=O)c1ccc(C)cc1. The third-order valence-electron chi connectivity index (χ3n) is 5.28. The maximum atomic E-state index is 13.5. The van der Waals surface area contributed by atoms with E-state index in [1.807, 2.05) is 39.0 Å². The minimum absolute atomic E-state index is 0.0963. The first-order valence-corrected chi connectivity index (χ1v) is 12.3. The number of nitrogens with one attached hydrogen (secondary N) is 1. The summed E-state index contributed by atoms with van der Waals surface area (Å²) < 4.78 is 28.1. The van der Waals surface area contributed by atoms with E-state index in [0.717, 1.165) is 39.5 Å². The first-order chi connectivity index (χ1) is 15.3. The predicted octanol–water partition coefficient (Wildman–Crippen LogP) is 5.61. The molecule has 7 heteroatoms. The molecule has 0 atom stereocenters. The van der Waals surface area contributed by atoms with Gasteiger partial charge in [0.05, 0.1) is 15.6 Å². The highest BCUT2D eigenvalue weighted by atomic mass is 35.5. The number of para-hydroxylation sites is 2. The Morgan fingerprint density at radius 2 is 1.50 bits per heavy atom. The lowest BCUT2D eigenvalue weighted by molar-refractivity contribution is -0.114. The molecule has 168 valence electrons. The average molecular weight is 471 g/mol. The Morgan fingerprint density at radius 3 is 2.06 bits per heavy atom. The topological polar surface area (TPSA) is 66.5 Å². The number of sulfonamides is 1. The lowest BCUT2D eigenvalue weighted by atomic mass is 10.0. The second-order valence-corrected chi connectivity index (χ2v) is 9.75. The number of hydrogen-bond donors (Lipinski definition) is 1. The van der Waals surface area contributed by atoms with Crippen LogP contribution in [0.25, 0.3) is 0 Å². The molecule has 0 radical (unpaired) electrons. The van der Waals surface area contributed by atoms with Gasteiger partial charge < -0.3 is 5.32 Å². The number of carbonyl (C=O) groups is 1. The van der Waals surface area contributed by atoms with Crippen LogP contribution in [0, 0.1) is 6.92 Å². The first-order valence-electron chi connectivity index (χ1n) is 10.5. The molecule has 3 rings (SSSR count). The number of hydrogen-bond acceptors (Lipinski definition) is 3. The summed E-state index contributed by atoms with van der Waals surface area (Å²) in [6, 6.07) is 19.0. The van der Waals surface area contributed by atoms with Gasteiger partial charge in [-0.1, -0.05) is 73.5 Å². The molecule has 1 N–H and O–H groups in total. The number of nitrogens with zero attached hydrogens (tertiary/aromatic N) is 1. The van der Waals surface area contributed by atoms with Gasteiger partial charge in [0.2, 0.25) is 5.91 Å². The van der Waals surface area contributed by atoms with Crippen molar-refractivity contribution in [1.29, 1.82) is 0 Å². The van der Waals surface area contributed by atoms with Crippen molar-refractivity contribution in [2.24, 2.45) is 0 Å². The van der Waals surface area contributed by atoms with Crippen LogP contribution < -0.4 is 9.62 Å². The number of aryl methyl sites for hydroxylation is 3. The van der Waals surface area contributed by atoms with Gasteiger partial charge in [-0.15, -0.1) is 0 Å². The van der Waals surface area contributed by atoms with Crippen LogP contribution in [0.1, 0.15) is 30.5 Å². The maximum Gasteiger partial charge on any atom is 0.264 e. The fourth-order valence-corrected chi connectivity index (χ4v) is 5.23.